The van der Waals surface area contributed by atoms with Gasteiger partial charge in [-0.05, 0) is 30.6 Å². The minimum atomic E-state index is -0.0479. The Morgan fingerprint density at radius 2 is 1.95 bits per heavy atom. The zero-order valence-corrected chi connectivity index (χ0v) is 11.5. The number of hydrazine groups is 1. The fourth-order valence-electron chi connectivity index (χ4n) is 2.35. The maximum Gasteiger partial charge on any atom is 0.265 e. The lowest BCUT2D eigenvalue weighted by molar-refractivity contribution is 0.0662. The molecule has 1 aliphatic rings. The number of carbonyl (C=O) groups is 1. The average Bonchev–Trinajstić information content (AvgIpc) is 2.49. The van der Waals surface area contributed by atoms with E-state index in [2.05, 4.69) is 22.4 Å². The lowest BCUT2D eigenvalue weighted by Gasteiger charge is -2.32. The van der Waals surface area contributed by atoms with Crippen molar-refractivity contribution in [2.75, 3.05) is 33.2 Å². The van der Waals surface area contributed by atoms with Gasteiger partial charge in [0, 0.05) is 49.5 Å². The molecule has 2 heterocycles. The number of nitrogens with zero attached hydrogens (tertiary/aromatic N) is 3. The van der Waals surface area contributed by atoms with Crippen LogP contribution in [0.15, 0.2) is 36.7 Å². The number of fused-ring (bicyclic) bond motifs is 1. The molecule has 1 aliphatic heterocycles. The van der Waals surface area contributed by atoms with Gasteiger partial charge in [0.25, 0.3) is 5.91 Å². The molecule has 0 atom stereocenters. The Balaban J connectivity index is 1.72. The summed E-state index contributed by atoms with van der Waals surface area (Å²) in [6.07, 6.45) is 3.54. The van der Waals surface area contributed by atoms with Crippen LogP contribution in [0.4, 0.5) is 0 Å². The molecule has 0 bridgehead atoms. The molecule has 20 heavy (non-hydrogen) atoms. The van der Waals surface area contributed by atoms with Crippen molar-refractivity contribution in [2.24, 2.45) is 0 Å². The normalized spacial score (nSPS) is 17.2. The van der Waals surface area contributed by atoms with Crippen molar-refractivity contribution in [1.29, 1.82) is 0 Å². The van der Waals surface area contributed by atoms with Crippen LogP contribution >= 0.6 is 0 Å². The van der Waals surface area contributed by atoms with Crippen molar-refractivity contribution in [3.63, 3.8) is 0 Å². The van der Waals surface area contributed by atoms with Crippen LogP contribution in [0.5, 0.6) is 0 Å². The van der Waals surface area contributed by atoms with E-state index in [0.29, 0.717) is 5.56 Å². The molecule has 1 saturated heterocycles. The van der Waals surface area contributed by atoms with Gasteiger partial charge in [-0.3, -0.25) is 15.2 Å². The van der Waals surface area contributed by atoms with E-state index in [1.807, 2.05) is 29.3 Å². The highest BCUT2D eigenvalue weighted by molar-refractivity contribution is 5.98. The highest BCUT2D eigenvalue weighted by Gasteiger charge is 2.16. The molecule has 5 nitrogen and oxygen atoms in total. The monoisotopic (exact) mass is 270 g/mol. The molecular formula is C15H18N4O. The first kappa shape index (κ1) is 13.0. The second kappa shape index (κ2) is 5.56. The lowest BCUT2D eigenvalue weighted by Crippen LogP contribution is -2.52. The number of aromatic nitrogens is 1. The fraction of sp³-hybridized carbons (Fsp3) is 0.333. The average molecular weight is 270 g/mol. The van der Waals surface area contributed by atoms with Crippen LogP contribution in [0.3, 0.4) is 0 Å². The first-order valence-corrected chi connectivity index (χ1v) is 6.80. The molecule has 0 unspecified atom stereocenters. The van der Waals surface area contributed by atoms with Crippen molar-refractivity contribution in [1.82, 2.24) is 20.3 Å². The lowest BCUT2D eigenvalue weighted by atomic mass is 10.1. The van der Waals surface area contributed by atoms with Gasteiger partial charge in [0.05, 0.1) is 0 Å². The van der Waals surface area contributed by atoms with Crippen LogP contribution in [0.2, 0.25) is 0 Å². The second-order valence-corrected chi connectivity index (χ2v) is 5.17. The molecule has 0 aliphatic carbocycles. The highest BCUT2D eigenvalue weighted by Crippen LogP contribution is 2.14. The molecule has 2 aromatic rings. The Kier molecular flexibility index (Phi) is 3.62. The number of pyridine rings is 1. The van der Waals surface area contributed by atoms with E-state index in [-0.39, 0.29) is 5.91 Å². The molecule has 1 fully saturated rings. The maximum absolute atomic E-state index is 12.3. The summed E-state index contributed by atoms with van der Waals surface area (Å²) in [6, 6.07) is 7.60. The largest absolute Gasteiger partial charge is 0.304 e. The fourth-order valence-corrected chi connectivity index (χ4v) is 2.35. The summed E-state index contributed by atoms with van der Waals surface area (Å²) in [5, 5.41) is 4.06. The summed E-state index contributed by atoms with van der Waals surface area (Å²) in [7, 11) is 2.09. The van der Waals surface area contributed by atoms with Crippen molar-refractivity contribution < 1.29 is 4.79 Å². The van der Waals surface area contributed by atoms with Gasteiger partial charge in [-0.15, -0.1) is 0 Å². The predicted octanol–water partition coefficient (Wildman–Crippen LogP) is 1.13. The zero-order chi connectivity index (χ0) is 13.9. The number of amides is 1. The summed E-state index contributed by atoms with van der Waals surface area (Å²) < 4.78 is 0. The van der Waals surface area contributed by atoms with E-state index in [1.54, 1.807) is 12.4 Å². The van der Waals surface area contributed by atoms with Gasteiger partial charge in [-0.2, -0.15) is 0 Å². The predicted molar refractivity (Wildman–Crippen MR) is 78.3 cm³/mol. The van der Waals surface area contributed by atoms with E-state index in [1.165, 1.54) is 0 Å². The first-order chi connectivity index (χ1) is 9.72. The molecule has 0 saturated carbocycles. The Hall–Kier alpha value is -1.98. The second-order valence-electron chi connectivity index (χ2n) is 5.17. The SMILES string of the molecule is CN1CCN(NC(=O)c2ccc3cnccc3c2)CC1. The van der Waals surface area contributed by atoms with E-state index < -0.39 is 0 Å². The van der Waals surface area contributed by atoms with Crippen LogP contribution < -0.4 is 5.43 Å². The molecule has 1 N–H and O–H groups in total. The van der Waals surface area contributed by atoms with Gasteiger partial charge in [0.15, 0.2) is 0 Å². The van der Waals surface area contributed by atoms with E-state index >= 15 is 0 Å². The Morgan fingerprint density at radius 1 is 1.15 bits per heavy atom. The first-order valence-electron chi connectivity index (χ1n) is 6.80. The third-order valence-electron chi connectivity index (χ3n) is 3.67. The summed E-state index contributed by atoms with van der Waals surface area (Å²) in [5.74, 6) is -0.0479. The van der Waals surface area contributed by atoms with E-state index in [0.717, 1.165) is 37.0 Å². The number of carbonyl (C=O) groups excluding carboxylic acids is 1. The summed E-state index contributed by atoms with van der Waals surface area (Å²) in [6.45, 7) is 3.67. The Morgan fingerprint density at radius 3 is 2.75 bits per heavy atom. The van der Waals surface area contributed by atoms with Crippen molar-refractivity contribution in [3.8, 4) is 0 Å². The third-order valence-corrected chi connectivity index (χ3v) is 3.67. The number of rotatable bonds is 2. The number of hydrogen-bond donors (Lipinski definition) is 1. The zero-order valence-electron chi connectivity index (χ0n) is 11.5. The van der Waals surface area contributed by atoms with E-state index in [9.17, 15) is 4.79 Å². The van der Waals surface area contributed by atoms with Crippen LogP contribution in [0.1, 0.15) is 10.4 Å². The van der Waals surface area contributed by atoms with Gasteiger partial charge < -0.3 is 4.90 Å². The molecule has 3 rings (SSSR count). The molecule has 104 valence electrons. The molecule has 0 radical (unpaired) electrons. The summed E-state index contributed by atoms with van der Waals surface area (Å²) in [4.78, 5) is 18.6. The highest BCUT2D eigenvalue weighted by atomic mass is 16.2. The van der Waals surface area contributed by atoms with Gasteiger partial charge in [0.2, 0.25) is 0 Å². The molecule has 1 amide bonds. The number of nitrogens with one attached hydrogen (secondary N) is 1. The molecule has 0 spiro atoms. The summed E-state index contributed by atoms with van der Waals surface area (Å²) >= 11 is 0. The topological polar surface area (TPSA) is 48.5 Å². The maximum atomic E-state index is 12.3. The van der Waals surface area contributed by atoms with Crippen LogP contribution in [0, 0.1) is 0 Å². The molecular weight excluding hydrogens is 252 g/mol. The molecule has 1 aromatic carbocycles. The number of likely N-dealkylation sites (N-methyl/N-ethyl adjacent to an activating group) is 1. The molecule has 1 aromatic heterocycles. The number of piperazine rings is 1. The minimum Gasteiger partial charge on any atom is -0.304 e. The Labute approximate surface area is 118 Å². The third kappa shape index (κ3) is 2.79. The quantitative estimate of drug-likeness (QED) is 0.888. The van der Waals surface area contributed by atoms with Crippen molar-refractivity contribution >= 4 is 16.7 Å². The standard InChI is InChI=1S/C15H18N4O/c1-18-6-8-19(9-7-18)17-15(20)13-2-3-14-11-16-5-4-12(14)10-13/h2-5,10-11H,6-9H2,1H3,(H,17,20). The van der Waals surface area contributed by atoms with Gasteiger partial charge >= 0.3 is 0 Å². The van der Waals surface area contributed by atoms with E-state index in [4.69, 9.17) is 0 Å². The minimum absolute atomic E-state index is 0.0479. The van der Waals surface area contributed by atoms with Crippen molar-refractivity contribution in [3.05, 3.63) is 42.2 Å². The van der Waals surface area contributed by atoms with Crippen molar-refractivity contribution in [2.45, 2.75) is 0 Å². The summed E-state index contributed by atoms with van der Waals surface area (Å²) in [5.41, 5.74) is 3.66. The van der Waals surface area contributed by atoms with Gasteiger partial charge in [-0.1, -0.05) is 6.07 Å². The number of benzene rings is 1. The molecule has 5 heteroatoms. The van der Waals surface area contributed by atoms with Crippen LogP contribution in [0.25, 0.3) is 10.8 Å². The van der Waals surface area contributed by atoms with Gasteiger partial charge in [0.1, 0.15) is 0 Å². The van der Waals surface area contributed by atoms with Crippen LogP contribution in [-0.2, 0) is 0 Å². The Bertz CT molecular complexity index is 620. The van der Waals surface area contributed by atoms with Crippen LogP contribution in [-0.4, -0.2) is 54.0 Å². The van der Waals surface area contributed by atoms with Gasteiger partial charge in [-0.25, -0.2) is 5.01 Å². The number of hydrogen-bond acceptors (Lipinski definition) is 4. The smallest absolute Gasteiger partial charge is 0.265 e.